The Morgan fingerprint density at radius 3 is 2.89 bits per heavy atom. The highest BCUT2D eigenvalue weighted by atomic mass is 16.5. The van der Waals surface area contributed by atoms with Gasteiger partial charge in [0.2, 0.25) is 0 Å². The van der Waals surface area contributed by atoms with Gasteiger partial charge in [0.05, 0.1) is 6.61 Å². The van der Waals surface area contributed by atoms with E-state index in [2.05, 4.69) is 34.5 Å². The molecule has 2 fully saturated rings. The standard InChI is InChI=1S/C15H22N2O/c1-2-18-14-5-3-13(4-6-14)17-10-8-15-12(11-17)7-9-16-15/h3-6,12,15-16H,2,7-11H2,1H3. The van der Waals surface area contributed by atoms with Crippen LogP contribution in [0.3, 0.4) is 0 Å². The van der Waals surface area contributed by atoms with E-state index in [-0.39, 0.29) is 0 Å². The molecule has 0 spiro atoms. The average molecular weight is 246 g/mol. The Hall–Kier alpha value is -1.22. The Balaban J connectivity index is 1.67. The topological polar surface area (TPSA) is 24.5 Å². The Bertz CT molecular complexity index is 390. The molecule has 0 bridgehead atoms. The molecule has 2 atom stereocenters. The van der Waals surface area contributed by atoms with Gasteiger partial charge in [-0.05, 0) is 56.5 Å². The Morgan fingerprint density at radius 2 is 2.11 bits per heavy atom. The van der Waals surface area contributed by atoms with Crippen molar-refractivity contribution in [3.05, 3.63) is 24.3 Å². The number of hydrogen-bond acceptors (Lipinski definition) is 3. The first-order valence-electron chi connectivity index (χ1n) is 7.08. The summed E-state index contributed by atoms with van der Waals surface area (Å²) >= 11 is 0. The molecule has 3 rings (SSSR count). The van der Waals surface area contributed by atoms with Crippen molar-refractivity contribution in [3.8, 4) is 5.75 Å². The van der Waals surface area contributed by atoms with Crippen LogP contribution in [0.1, 0.15) is 19.8 Å². The van der Waals surface area contributed by atoms with Crippen molar-refractivity contribution < 1.29 is 4.74 Å². The molecule has 2 heterocycles. The number of rotatable bonds is 3. The largest absolute Gasteiger partial charge is 0.494 e. The van der Waals surface area contributed by atoms with E-state index in [1.807, 2.05) is 6.92 Å². The third kappa shape index (κ3) is 2.32. The lowest BCUT2D eigenvalue weighted by atomic mass is 9.93. The van der Waals surface area contributed by atoms with E-state index in [0.29, 0.717) is 0 Å². The zero-order valence-corrected chi connectivity index (χ0v) is 11.1. The molecule has 0 aromatic heterocycles. The van der Waals surface area contributed by atoms with Crippen molar-refractivity contribution in [2.75, 3.05) is 31.1 Å². The molecule has 18 heavy (non-hydrogen) atoms. The van der Waals surface area contributed by atoms with E-state index in [4.69, 9.17) is 4.74 Å². The molecule has 2 saturated heterocycles. The van der Waals surface area contributed by atoms with E-state index < -0.39 is 0 Å². The summed E-state index contributed by atoms with van der Waals surface area (Å²) in [6.45, 7) is 6.32. The maximum atomic E-state index is 5.49. The minimum absolute atomic E-state index is 0.735. The first-order chi connectivity index (χ1) is 8.86. The SMILES string of the molecule is CCOc1ccc(N2CCC3NCCC3C2)cc1. The molecule has 2 aliphatic rings. The van der Waals surface area contributed by atoms with Crippen LogP contribution in [0.4, 0.5) is 5.69 Å². The maximum Gasteiger partial charge on any atom is 0.119 e. The monoisotopic (exact) mass is 246 g/mol. The quantitative estimate of drug-likeness (QED) is 0.885. The fourth-order valence-corrected chi connectivity index (χ4v) is 3.20. The van der Waals surface area contributed by atoms with E-state index in [0.717, 1.165) is 24.3 Å². The Morgan fingerprint density at radius 1 is 1.28 bits per heavy atom. The first-order valence-corrected chi connectivity index (χ1v) is 7.08. The summed E-state index contributed by atoms with van der Waals surface area (Å²) < 4.78 is 5.49. The van der Waals surface area contributed by atoms with Crippen molar-refractivity contribution in [2.45, 2.75) is 25.8 Å². The van der Waals surface area contributed by atoms with Crippen LogP contribution in [0, 0.1) is 5.92 Å². The Kier molecular flexibility index (Phi) is 3.41. The number of nitrogens with one attached hydrogen (secondary N) is 1. The molecule has 2 unspecified atom stereocenters. The van der Waals surface area contributed by atoms with E-state index >= 15 is 0 Å². The van der Waals surface area contributed by atoms with Crippen LogP contribution in [-0.2, 0) is 0 Å². The van der Waals surface area contributed by atoms with Crippen LogP contribution >= 0.6 is 0 Å². The number of ether oxygens (including phenoxy) is 1. The Labute approximate surface area is 109 Å². The molecule has 0 aliphatic carbocycles. The van der Waals surface area contributed by atoms with Crippen molar-refractivity contribution in [3.63, 3.8) is 0 Å². The minimum Gasteiger partial charge on any atom is -0.494 e. The molecule has 0 radical (unpaired) electrons. The highest BCUT2D eigenvalue weighted by molar-refractivity contribution is 5.49. The third-order valence-corrected chi connectivity index (χ3v) is 4.17. The normalized spacial score (nSPS) is 27.1. The average Bonchev–Trinajstić information content (AvgIpc) is 2.87. The molecule has 1 aromatic rings. The predicted molar refractivity (Wildman–Crippen MR) is 74.3 cm³/mol. The number of piperidine rings is 1. The van der Waals surface area contributed by atoms with Crippen LogP contribution in [0.25, 0.3) is 0 Å². The van der Waals surface area contributed by atoms with Gasteiger partial charge in [-0.1, -0.05) is 0 Å². The van der Waals surface area contributed by atoms with Gasteiger partial charge in [0.25, 0.3) is 0 Å². The second-order valence-electron chi connectivity index (χ2n) is 5.27. The molecular formula is C15H22N2O. The molecule has 3 heteroatoms. The zero-order valence-electron chi connectivity index (χ0n) is 11.1. The summed E-state index contributed by atoms with van der Waals surface area (Å²) in [6.07, 6.45) is 2.61. The number of hydrogen-bond donors (Lipinski definition) is 1. The van der Waals surface area contributed by atoms with E-state index in [9.17, 15) is 0 Å². The molecular weight excluding hydrogens is 224 g/mol. The van der Waals surface area contributed by atoms with Crippen molar-refractivity contribution in [2.24, 2.45) is 5.92 Å². The fourth-order valence-electron chi connectivity index (χ4n) is 3.20. The maximum absolute atomic E-state index is 5.49. The van der Waals surface area contributed by atoms with Crippen LogP contribution in [0.5, 0.6) is 5.75 Å². The molecule has 98 valence electrons. The predicted octanol–water partition coefficient (Wildman–Crippen LogP) is 2.27. The van der Waals surface area contributed by atoms with Gasteiger partial charge >= 0.3 is 0 Å². The lowest BCUT2D eigenvalue weighted by molar-refractivity contribution is 0.340. The van der Waals surface area contributed by atoms with Crippen molar-refractivity contribution in [1.29, 1.82) is 0 Å². The smallest absolute Gasteiger partial charge is 0.119 e. The summed E-state index contributed by atoms with van der Waals surface area (Å²) in [7, 11) is 0. The van der Waals surface area contributed by atoms with Gasteiger partial charge in [0.1, 0.15) is 5.75 Å². The molecule has 1 aromatic carbocycles. The van der Waals surface area contributed by atoms with Crippen LogP contribution in [-0.4, -0.2) is 32.3 Å². The number of fused-ring (bicyclic) bond motifs is 1. The summed E-state index contributed by atoms with van der Waals surface area (Å²) in [5.41, 5.74) is 1.34. The van der Waals surface area contributed by atoms with Gasteiger partial charge in [-0.3, -0.25) is 0 Å². The highest BCUT2D eigenvalue weighted by Crippen LogP contribution is 2.29. The van der Waals surface area contributed by atoms with Gasteiger partial charge in [0, 0.05) is 24.8 Å². The lowest BCUT2D eigenvalue weighted by Crippen LogP contribution is -2.44. The number of nitrogens with zero attached hydrogens (tertiary/aromatic N) is 1. The number of anilines is 1. The summed E-state index contributed by atoms with van der Waals surface area (Å²) in [6, 6.07) is 9.31. The van der Waals surface area contributed by atoms with Crippen molar-refractivity contribution in [1.82, 2.24) is 5.32 Å². The van der Waals surface area contributed by atoms with Gasteiger partial charge in [0.15, 0.2) is 0 Å². The van der Waals surface area contributed by atoms with Gasteiger partial charge in [-0.25, -0.2) is 0 Å². The van der Waals surface area contributed by atoms with Crippen LogP contribution in [0.15, 0.2) is 24.3 Å². The van der Waals surface area contributed by atoms with Gasteiger partial charge in [-0.15, -0.1) is 0 Å². The molecule has 1 N–H and O–H groups in total. The molecule has 0 amide bonds. The fraction of sp³-hybridized carbons (Fsp3) is 0.600. The van der Waals surface area contributed by atoms with Crippen LogP contribution in [0.2, 0.25) is 0 Å². The second-order valence-corrected chi connectivity index (χ2v) is 5.27. The highest BCUT2D eigenvalue weighted by Gasteiger charge is 2.32. The van der Waals surface area contributed by atoms with Gasteiger partial charge in [-0.2, -0.15) is 0 Å². The zero-order chi connectivity index (χ0) is 12.4. The van der Waals surface area contributed by atoms with Gasteiger partial charge < -0.3 is 15.0 Å². The third-order valence-electron chi connectivity index (χ3n) is 4.17. The summed E-state index contributed by atoms with van der Waals surface area (Å²) in [5, 5.41) is 3.61. The first kappa shape index (κ1) is 11.8. The lowest BCUT2D eigenvalue weighted by Gasteiger charge is -2.36. The molecule has 2 aliphatic heterocycles. The summed E-state index contributed by atoms with van der Waals surface area (Å²) in [5.74, 6) is 1.81. The van der Waals surface area contributed by atoms with E-state index in [1.165, 1.54) is 38.2 Å². The van der Waals surface area contributed by atoms with Crippen molar-refractivity contribution >= 4 is 5.69 Å². The number of benzene rings is 1. The molecule has 0 saturated carbocycles. The minimum atomic E-state index is 0.735. The second kappa shape index (κ2) is 5.19. The summed E-state index contributed by atoms with van der Waals surface area (Å²) in [4.78, 5) is 2.52. The van der Waals surface area contributed by atoms with E-state index in [1.54, 1.807) is 0 Å². The van der Waals surface area contributed by atoms with Crippen LogP contribution < -0.4 is 15.0 Å². The molecule has 3 nitrogen and oxygen atoms in total.